The predicted molar refractivity (Wildman–Crippen MR) is 117 cm³/mol. The van der Waals surface area contributed by atoms with Gasteiger partial charge in [-0.3, -0.25) is 4.79 Å². The lowest BCUT2D eigenvalue weighted by Crippen LogP contribution is -2.31. The lowest BCUT2D eigenvalue weighted by molar-refractivity contribution is -0.132. The van der Waals surface area contributed by atoms with Crippen LogP contribution >= 0.6 is 11.3 Å². The van der Waals surface area contributed by atoms with Crippen molar-refractivity contribution in [3.63, 3.8) is 0 Å². The van der Waals surface area contributed by atoms with E-state index in [9.17, 15) is 9.90 Å². The van der Waals surface area contributed by atoms with Crippen LogP contribution in [0.25, 0.3) is 10.6 Å². The molecule has 0 spiro atoms. The maximum absolute atomic E-state index is 13.1. The number of thiazole rings is 1. The first kappa shape index (κ1) is 19.9. The van der Waals surface area contributed by atoms with E-state index < -0.39 is 0 Å². The molecule has 2 aromatic heterocycles. The zero-order chi connectivity index (χ0) is 20.9. The summed E-state index contributed by atoms with van der Waals surface area (Å²) in [6, 6.07) is 18.9. The third kappa shape index (κ3) is 4.78. The standard InChI is InChI=1S/C24H22N2O3S/c1-17-8-10-18(11-9-17)24-25-20(16-30-24)13-23(28)26(15-21-6-4-12-29-21)14-19-5-2-3-7-22(19)27/h2-12,16,27H,13-15H2,1H3. The number of phenolic OH excluding ortho intramolecular Hbond substituents is 1. The van der Waals surface area contributed by atoms with Gasteiger partial charge in [0, 0.05) is 23.1 Å². The molecule has 1 N–H and O–H groups in total. The minimum Gasteiger partial charge on any atom is -0.508 e. The van der Waals surface area contributed by atoms with E-state index >= 15 is 0 Å². The number of carbonyl (C=O) groups excluding carboxylic acids is 1. The summed E-state index contributed by atoms with van der Waals surface area (Å²) < 4.78 is 5.43. The molecule has 0 bridgehead atoms. The molecule has 2 heterocycles. The van der Waals surface area contributed by atoms with Crippen molar-refractivity contribution in [3.8, 4) is 16.3 Å². The van der Waals surface area contributed by atoms with E-state index in [4.69, 9.17) is 4.42 Å². The van der Waals surface area contributed by atoms with Gasteiger partial charge in [0.1, 0.15) is 16.5 Å². The minimum atomic E-state index is -0.0737. The van der Waals surface area contributed by atoms with Crippen molar-refractivity contribution in [1.82, 2.24) is 9.88 Å². The number of nitrogens with zero attached hydrogens (tertiary/aromatic N) is 2. The SMILES string of the molecule is Cc1ccc(-c2nc(CC(=O)N(Cc3ccco3)Cc3ccccc3O)cs2)cc1. The number of benzene rings is 2. The van der Waals surface area contributed by atoms with E-state index in [2.05, 4.69) is 17.1 Å². The fraction of sp³-hybridized carbons (Fsp3) is 0.167. The van der Waals surface area contributed by atoms with Crippen molar-refractivity contribution in [2.75, 3.05) is 0 Å². The lowest BCUT2D eigenvalue weighted by Gasteiger charge is -2.22. The van der Waals surface area contributed by atoms with Gasteiger partial charge in [-0.25, -0.2) is 4.98 Å². The average Bonchev–Trinajstić information content (AvgIpc) is 3.42. The Morgan fingerprint density at radius 3 is 2.60 bits per heavy atom. The van der Waals surface area contributed by atoms with Gasteiger partial charge < -0.3 is 14.4 Å². The topological polar surface area (TPSA) is 66.6 Å². The summed E-state index contributed by atoms with van der Waals surface area (Å²) in [6.07, 6.45) is 1.78. The third-order valence-electron chi connectivity index (χ3n) is 4.81. The molecule has 2 aromatic carbocycles. The Kier molecular flexibility index (Phi) is 5.95. The molecule has 152 valence electrons. The molecule has 0 aliphatic carbocycles. The second kappa shape index (κ2) is 8.97. The molecule has 4 aromatic rings. The molecule has 5 nitrogen and oxygen atoms in total. The highest BCUT2D eigenvalue weighted by Gasteiger charge is 2.19. The summed E-state index contributed by atoms with van der Waals surface area (Å²) in [6.45, 7) is 2.67. The predicted octanol–water partition coefficient (Wildman–Crippen LogP) is 5.19. The quantitative estimate of drug-likeness (QED) is 0.449. The van der Waals surface area contributed by atoms with Crippen molar-refractivity contribution in [3.05, 3.63) is 94.9 Å². The van der Waals surface area contributed by atoms with Gasteiger partial charge in [0.2, 0.25) is 5.91 Å². The van der Waals surface area contributed by atoms with Crippen molar-refractivity contribution in [2.24, 2.45) is 0 Å². The van der Waals surface area contributed by atoms with E-state index in [1.54, 1.807) is 29.4 Å². The monoisotopic (exact) mass is 418 g/mol. The number of hydrogen-bond donors (Lipinski definition) is 1. The smallest absolute Gasteiger partial charge is 0.229 e. The van der Waals surface area contributed by atoms with Gasteiger partial charge in [0.05, 0.1) is 24.9 Å². The van der Waals surface area contributed by atoms with Gasteiger partial charge in [-0.05, 0) is 25.1 Å². The summed E-state index contributed by atoms with van der Waals surface area (Å²) in [5, 5.41) is 13.0. The number of amides is 1. The highest BCUT2D eigenvalue weighted by molar-refractivity contribution is 7.13. The molecule has 1 amide bonds. The molecular weight excluding hydrogens is 396 g/mol. The van der Waals surface area contributed by atoms with Gasteiger partial charge in [-0.15, -0.1) is 11.3 Å². The molecule has 0 unspecified atom stereocenters. The highest BCUT2D eigenvalue weighted by atomic mass is 32.1. The van der Waals surface area contributed by atoms with Crippen LogP contribution in [-0.4, -0.2) is 20.9 Å². The van der Waals surface area contributed by atoms with Gasteiger partial charge >= 0.3 is 0 Å². The number of aromatic nitrogens is 1. The number of furan rings is 1. The second-order valence-corrected chi connectivity index (χ2v) is 8.00. The fourth-order valence-electron chi connectivity index (χ4n) is 3.16. The van der Waals surface area contributed by atoms with Crippen LogP contribution in [0.15, 0.2) is 76.7 Å². The van der Waals surface area contributed by atoms with E-state index in [1.807, 2.05) is 42.6 Å². The van der Waals surface area contributed by atoms with Gasteiger partial charge in [-0.2, -0.15) is 0 Å². The summed E-state index contributed by atoms with van der Waals surface area (Å²) in [5.74, 6) is 0.790. The van der Waals surface area contributed by atoms with Crippen LogP contribution in [0.5, 0.6) is 5.75 Å². The molecule has 0 atom stereocenters. The first-order chi connectivity index (χ1) is 14.6. The van der Waals surface area contributed by atoms with Crippen molar-refractivity contribution >= 4 is 17.2 Å². The molecule has 6 heteroatoms. The van der Waals surface area contributed by atoms with Crippen molar-refractivity contribution in [2.45, 2.75) is 26.4 Å². The van der Waals surface area contributed by atoms with E-state index in [-0.39, 0.29) is 18.1 Å². The van der Waals surface area contributed by atoms with E-state index in [0.29, 0.717) is 24.4 Å². The number of hydrogen-bond acceptors (Lipinski definition) is 5. The van der Waals surface area contributed by atoms with Crippen LogP contribution in [0.4, 0.5) is 0 Å². The van der Waals surface area contributed by atoms with Gasteiger partial charge in [0.15, 0.2) is 0 Å². The summed E-state index contributed by atoms with van der Waals surface area (Å²) in [5.41, 5.74) is 3.67. The molecule has 0 saturated heterocycles. The molecule has 0 saturated carbocycles. The van der Waals surface area contributed by atoms with Crippen molar-refractivity contribution in [1.29, 1.82) is 0 Å². The molecule has 0 fully saturated rings. The summed E-state index contributed by atoms with van der Waals surface area (Å²) in [7, 11) is 0. The number of para-hydroxylation sites is 1. The summed E-state index contributed by atoms with van der Waals surface area (Å²) in [4.78, 5) is 19.4. The number of carbonyl (C=O) groups is 1. The van der Waals surface area contributed by atoms with Gasteiger partial charge in [0.25, 0.3) is 0 Å². The Morgan fingerprint density at radius 1 is 1.07 bits per heavy atom. The van der Waals surface area contributed by atoms with Crippen LogP contribution in [-0.2, 0) is 24.3 Å². The van der Waals surface area contributed by atoms with Crippen LogP contribution in [0.2, 0.25) is 0 Å². The van der Waals surface area contributed by atoms with Gasteiger partial charge in [-0.1, -0.05) is 48.0 Å². The average molecular weight is 419 g/mol. The van der Waals surface area contributed by atoms with Crippen LogP contribution < -0.4 is 0 Å². The number of rotatable bonds is 7. The Balaban J connectivity index is 1.51. The Bertz CT molecular complexity index is 1120. The zero-order valence-electron chi connectivity index (χ0n) is 16.6. The van der Waals surface area contributed by atoms with E-state index in [1.165, 1.54) is 16.9 Å². The zero-order valence-corrected chi connectivity index (χ0v) is 17.4. The maximum atomic E-state index is 13.1. The molecular formula is C24H22N2O3S. The number of aryl methyl sites for hydroxylation is 1. The van der Waals surface area contributed by atoms with Crippen LogP contribution in [0.1, 0.15) is 22.6 Å². The lowest BCUT2D eigenvalue weighted by atomic mass is 10.1. The van der Waals surface area contributed by atoms with E-state index in [0.717, 1.165) is 16.3 Å². The summed E-state index contributed by atoms with van der Waals surface area (Å²) >= 11 is 1.53. The maximum Gasteiger partial charge on any atom is 0.229 e. The first-order valence-corrected chi connectivity index (χ1v) is 10.5. The van der Waals surface area contributed by atoms with Crippen LogP contribution in [0.3, 0.4) is 0 Å². The first-order valence-electron chi connectivity index (χ1n) is 9.67. The molecule has 0 radical (unpaired) electrons. The Hall–Kier alpha value is -3.38. The second-order valence-electron chi connectivity index (χ2n) is 7.14. The number of aromatic hydroxyl groups is 1. The van der Waals surface area contributed by atoms with Crippen LogP contribution in [0, 0.1) is 6.92 Å². The molecule has 30 heavy (non-hydrogen) atoms. The normalized spacial score (nSPS) is 10.8. The highest BCUT2D eigenvalue weighted by Crippen LogP contribution is 2.25. The fourth-order valence-corrected chi connectivity index (χ4v) is 3.98. The molecule has 0 aliphatic heterocycles. The Morgan fingerprint density at radius 2 is 1.87 bits per heavy atom. The molecule has 4 rings (SSSR count). The van der Waals surface area contributed by atoms with Crippen molar-refractivity contribution < 1.29 is 14.3 Å². The third-order valence-corrected chi connectivity index (χ3v) is 5.76. The number of phenols is 1. The molecule has 0 aliphatic rings. The Labute approximate surface area is 179 Å². The minimum absolute atomic E-state index is 0.0737. The largest absolute Gasteiger partial charge is 0.508 e.